The summed E-state index contributed by atoms with van der Waals surface area (Å²) in [5.41, 5.74) is 1.37. The smallest absolute Gasteiger partial charge is 0.293 e. The molecule has 4 aromatic rings. The fourth-order valence-corrected chi connectivity index (χ4v) is 9.67. The van der Waals surface area contributed by atoms with Crippen LogP contribution < -0.4 is 5.32 Å². The average Bonchev–Trinajstić information content (AvgIpc) is 3.48. The number of carbonyl (C=O) groups is 2. The normalized spacial score (nSPS) is 25.4. The molecule has 2 spiro atoms. The van der Waals surface area contributed by atoms with E-state index in [-0.39, 0.29) is 16.5 Å². The van der Waals surface area contributed by atoms with Gasteiger partial charge in [0.15, 0.2) is 11.0 Å². The van der Waals surface area contributed by atoms with Crippen LogP contribution in [-0.4, -0.2) is 33.8 Å². The molecule has 248 valence electrons. The summed E-state index contributed by atoms with van der Waals surface area (Å²) in [6.45, 7) is 7.08. The second-order valence-electron chi connectivity index (χ2n) is 14.2. The molecular formula is C39H38Cl2FN3O3. The van der Waals surface area contributed by atoms with Gasteiger partial charge in [0.2, 0.25) is 5.91 Å². The third-order valence-corrected chi connectivity index (χ3v) is 11.8. The fraction of sp³-hybridized carbons (Fsp3) is 0.359. The van der Waals surface area contributed by atoms with E-state index in [0.29, 0.717) is 35.6 Å². The molecule has 0 unspecified atom stereocenters. The zero-order valence-electron chi connectivity index (χ0n) is 27.1. The van der Waals surface area contributed by atoms with Crippen molar-refractivity contribution in [3.8, 4) is 0 Å². The molecule has 1 aliphatic carbocycles. The van der Waals surface area contributed by atoms with Gasteiger partial charge < -0.3 is 10.1 Å². The molecule has 7 rings (SSSR count). The van der Waals surface area contributed by atoms with E-state index in [9.17, 15) is 4.79 Å². The van der Waals surface area contributed by atoms with Gasteiger partial charge in [-0.2, -0.15) is 0 Å². The molecule has 1 saturated carbocycles. The number of likely N-dealkylation sites (tertiary alicyclic amines) is 1. The van der Waals surface area contributed by atoms with Crippen LogP contribution in [0.3, 0.4) is 0 Å². The third kappa shape index (κ3) is 4.88. The predicted octanol–water partition coefficient (Wildman–Crippen LogP) is 9.20. The Kier molecular flexibility index (Phi) is 8.38. The van der Waals surface area contributed by atoms with Crippen molar-refractivity contribution in [1.29, 1.82) is 0 Å². The quantitative estimate of drug-likeness (QED) is 0.155. The largest absolute Gasteiger partial charge is 0.458 e. The zero-order valence-corrected chi connectivity index (χ0v) is 28.6. The maximum atomic E-state index is 16.5. The number of pyridine rings is 1. The van der Waals surface area contributed by atoms with Crippen LogP contribution in [0, 0.1) is 11.2 Å². The number of fused-ring (bicyclic) bond motifs is 3. The third-order valence-electron chi connectivity index (χ3n) is 11.3. The van der Waals surface area contributed by atoms with Crippen LogP contribution in [0.5, 0.6) is 0 Å². The van der Waals surface area contributed by atoms with Gasteiger partial charge in [0, 0.05) is 34.4 Å². The summed E-state index contributed by atoms with van der Waals surface area (Å²) < 4.78 is 22.5. The van der Waals surface area contributed by atoms with Crippen molar-refractivity contribution in [2.24, 2.45) is 5.41 Å². The summed E-state index contributed by atoms with van der Waals surface area (Å²) in [7, 11) is 0. The monoisotopic (exact) mass is 685 g/mol. The molecule has 9 heteroatoms. The Labute approximate surface area is 290 Å². The van der Waals surface area contributed by atoms with Crippen LogP contribution in [0.15, 0.2) is 91.1 Å². The standard InChI is InChI=1S/C39H38Cl2FN3O3/c1-24-31(28-16-21-43-35(41)32(28)42)39(29-15-14-27(40)22-30(29)44-36(39)47)38(19-17-37(2,3)18-20-38)45(24)33(25-10-6-4-7-11-25)34(48-23-46)26-12-8-5-9-13-26/h4-16,21-24,31,33-34H,17-20H2,1-3H3,(H,44,47)/t24-,31+,33+,34-,39-/m0/s1. The van der Waals surface area contributed by atoms with E-state index in [1.54, 1.807) is 18.2 Å². The van der Waals surface area contributed by atoms with Gasteiger partial charge in [-0.15, -0.1) is 0 Å². The van der Waals surface area contributed by atoms with Gasteiger partial charge in [-0.25, -0.2) is 9.37 Å². The molecule has 1 aromatic heterocycles. The predicted molar refractivity (Wildman–Crippen MR) is 186 cm³/mol. The van der Waals surface area contributed by atoms with Crippen molar-refractivity contribution in [2.45, 2.75) is 81.5 Å². The lowest BCUT2D eigenvalue weighted by atomic mass is 9.53. The topological polar surface area (TPSA) is 71.5 Å². The van der Waals surface area contributed by atoms with Gasteiger partial charge in [-0.1, -0.05) is 104 Å². The maximum Gasteiger partial charge on any atom is 0.293 e. The average molecular weight is 687 g/mol. The number of anilines is 1. The Balaban J connectivity index is 1.59. The van der Waals surface area contributed by atoms with Crippen molar-refractivity contribution in [2.75, 3.05) is 5.32 Å². The highest BCUT2D eigenvalue weighted by molar-refractivity contribution is 6.31. The molecule has 3 heterocycles. The number of hydrogen-bond acceptors (Lipinski definition) is 5. The molecule has 2 aliphatic heterocycles. The van der Waals surface area contributed by atoms with Gasteiger partial charge in [-0.05, 0) is 78.5 Å². The van der Waals surface area contributed by atoms with E-state index in [1.165, 1.54) is 6.20 Å². The molecule has 1 saturated heterocycles. The maximum absolute atomic E-state index is 16.5. The Morgan fingerprint density at radius 1 is 0.958 bits per heavy atom. The molecule has 3 aliphatic rings. The van der Waals surface area contributed by atoms with E-state index in [2.05, 4.69) is 36.0 Å². The van der Waals surface area contributed by atoms with E-state index < -0.39 is 40.9 Å². The Bertz CT molecular complexity index is 1850. The molecule has 0 bridgehead atoms. The second-order valence-corrected chi connectivity index (χ2v) is 15.0. The van der Waals surface area contributed by atoms with Gasteiger partial charge in [0.25, 0.3) is 6.47 Å². The van der Waals surface area contributed by atoms with Gasteiger partial charge >= 0.3 is 0 Å². The number of halogens is 3. The first-order valence-electron chi connectivity index (χ1n) is 16.4. The molecule has 0 radical (unpaired) electrons. The van der Waals surface area contributed by atoms with Crippen molar-refractivity contribution < 1.29 is 18.7 Å². The highest BCUT2D eigenvalue weighted by Gasteiger charge is 2.75. The first kappa shape index (κ1) is 32.8. The number of aromatic nitrogens is 1. The summed E-state index contributed by atoms with van der Waals surface area (Å²) >= 11 is 12.9. The first-order chi connectivity index (χ1) is 23.1. The first-order valence-corrected chi connectivity index (χ1v) is 17.2. The number of ether oxygens (including phenoxy) is 1. The molecule has 2 fully saturated rings. The van der Waals surface area contributed by atoms with E-state index in [1.807, 2.05) is 66.7 Å². The van der Waals surface area contributed by atoms with Crippen molar-refractivity contribution in [3.05, 3.63) is 129 Å². The number of carbonyl (C=O) groups excluding carboxylic acids is 2. The summed E-state index contributed by atoms with van der Waals surface area (Å²) in [5, 5.41) is 3.45. The number of nitrogens with one attached hydrogen (secondary N) is 1. The van der Waals surface area contributed by atoms with Crippen LogP contribution >= 0.6 is 23.2 Å². The minimum Gasteiger partial charge on any atom is -0.458 e. The van der Waals surface area contributed by atoms with Crippen LogP contribution in [0.2, 0.25) is 10.2 Å². The Morgan fingerprint density at radius 2 is 1.60 bits per heavy atom. The lowest BCUT2D eigenvalue weighted by Crippen LogP contribution is -2.63. The lowest BCUT2D eigenvalue weighted by molar-refractivity contribution is -0.144. The molecule has 5 atom stereocenters. The molecule has 1 amide bonds. The summed E-state index contributed by atoms with van der Waals surface area (Å²) in [6, 6.07) is 25.8. The zero-order chi connectivity index (χ0) is 33.8. The molecule has 3 aromatic carbocycles. The van der Waals surface area contributed by atoms with E-state index in [0.717, 1.165) is 29.5 Å². The van der Waals surface area contributed by atoms with Crippen LogP contribution in [0.1, 0.15) is 86.8 Å². The van der Waals surface area contributed by atoms with E-state index >= 15 is 9.18 Å². The van der Waals surface area contributed by atoms with Crippen molar-refractivity contribution in [1.82, 2.24) is 9.88 Å². The molecular weight excluding hydrogens is 648 g/mol. The Morgan fingerprint density at radius 3 is 2.25 bits per heavy atom. The number of nitrogens with zero attached hydrogens (tertiary/aromatic N) is 2. The van der Waals surface area contributed by atoms with E-state index in [4.69, 9.17) is 27.9 Å². The summed E-state index contributed by atoms with van der Waals surface area (Å²) in [6.07, 6.45) is 3.70. The number of rotatable bonds is 7. The highest BCUT2D eigenvalue weighted by Crippen LogP contribution is 2.69. The number of amides is 1. The van der Waals surface area contributed by atoms with Gasteiger partial charge in [0.1, 0.15) is 11.5 Å². The van der Waals surface area contributed by atoms with Crippen molar-refractivity contribution in [3.63, 3.8) is 0 Å². The molecule has 48 heavy (non-hydrogen) atoms. The lowest BCUT2D eigenvalue weighted by Gasteiger charge is -2.56. The summed E-state index contributed by atoms with van der Waals surface area (Å²) in [5.74, 6) is -1.54. The SMILES string of the molecule is C[C@H]1[C@H](c2ccnc(Cl)c2F)[C@@]2(C(=O)Nc3cc(Cl)ccc32)C2(CCC(C)(C)CC2)N1[C@H](c1ccccc1)[C@@H](OC=O)c1ccccc1. The van der Waals surface area contributed by atoms with Crippen LogP contribution in [0.4, 0.5) is 10.1 Å². The minimum atomic E-state index is -1.26. The highest BCUT2D eigenvalue weighted by atomic mass is 35.5. The summed E-state index contributed by atoms with van der Waals surface area (Å²) in [4.78, 5) is 34.0. The van der Waals surface area contributed by atoms with Crippen molar-refractivity contribution >= 4 is 41.3 Å². The second kappa shape index (κ2) is 12.3. The van der Waals surface area contributed by atoms with Crippen LogP contribution in [-0.2, 0) is 19.7 Å². The number of hydrogen-bond donors (Lipinski definition) is 1. The van der Waals surface area contributed by atoms with Crippen LogP contribution in [0.25, 0.3) is 0 Å². The minimum absolute atomic E-state index is 0.0168. The molecule has 6 nitrogen and oxygen atoms in total. The van der Waals surface area contributed by atoms with Gasteiger partial charge in [-0.3, -0.25) is 14.5 Å². The number of benzene rings is 3. The van der Waals surface area contributed by atoms with Gasteiger partial charge in [0.05, 0.1) is 6.04 Å². The Hall–Kier alpha value is -3.78. The fourth-order valence-electron chi connectivity index (χ4n) is 9.33. The molecule has 1 N–H and O–H groups in total.